The zero-order valence-electron chi connectivity index (χ0n) is 15.0. The second-order valence-corrected chi connectivity index (χ2v) is 10.5. The third kappa shape index (κ3) is 4.62. The molecule has 3 unspecified atom stereocenters. The summed E-state index contributed by atoms with van der Waals surface area (Å²) in [5.74, 6) is 1.23. The average molecular weight is 462 g/mol. The largest absolute Gasteiger partial charge is 1.00 e. The van der Waals surface area contributed by atoms with Crippen molar-refractivity contribution in [2.24, 2.45) is 0 Å². The minimum atomic E-state index is 0. The van der Waals surface area contributed by atoms with E-state index in [1.807, 2.05) is 0 Å². The predicted octanol–water partition coefficient (Wildman–Crippen LogP) is 0.511. The Labute approximate surface area is 184 Å². The molecule has 4 rings (SSSR count). The van der Waals surface area contributed by atoms with Crippen LogP contribution in [-0.4, -0.2) is 0 Å². The normalized spacial score (nSPS) is 21.3. The van der Waals surface area contributed by atoms with Crippen LogP contribution in [0.1, 0.15) is 60.3 Å². The number of hydrogen-bond donors (Lipinski definition) is 0. The maximum absolute atomic E-state index is 2.48. The van der Waals surface area contributed by atoms with Crippen molar-refractivity contribution in [3.63, 3.8) is 0 Å². The van der Waals surface area contributed by atoms with Crippen molar-refractivity contribution in [3.05, 3.63) is 82.9 Å². The Bertz CT molecular complexity index is 807. The van der Waals surface area contributed by atoms with Crippen molar-refractivity contribution in [2.45, 2.75) is 41.1 Å². The van der Waals surface area contributed by atoms with Gasteiger partial charge in [-0.3, -0.25) is 0 Å². The summed E-state index contributed by atoms with van der Waals surface area (Å²) < 4.78 is 0.449. The quantitative estimate of drug-likeness (QED) is 0.609. The van der Waals surface area contributed by atoms with E-state index in [4.69, 9.17) is 0 Å². The summed E-state index contributed by atoms with van der Waals surface area (Å²) in [6.07, 6.45) is 13.3. The molecule has 2 aliphatic rings. The molecule has 0 aliphatic heterocycles. The SMILES string of the molecule is C[C]([Zr+2])(CCC1C=Cc2ccccc21)CC1C=Cc2ccccc21.[Cl-].[Cl-]. The zero-order chi connectivity index (χ0) is 16.6. The van der Waals surface area contributed by atoms with E-state index in [0.717, 1.165) is 0 Å². The molecule has 2 aromatic carbocycles. The molecule has 0 spiro atoms. The zero-order valence-corrected chi connectivity index (χ0v) is 18.9. The van der Waals surface area contributed by atoms with Gasteiger partial charge in [0.25, 0.3) is 0 Å². The molecule has 133 valence electrons. The first kappa shape index (κ1) is 21.7. The fourth-order valence-electron chi connectivity index (χ4n) is 4.14. The molecule has 3 atom stereocenters. The maximum atomic E-state index is 2.48. The predicted molar refractivity (Wildman–Crippen MR) is 98.7 cm³/mol. The first-order chi connectivity index (χ1) is 11.6. The van der Waals surface area contributed by atoms with E-state index in [1.165, 1.54) is 41.5 Å². The summed E-state index contributed by atoms with van der Waals surface area (Å²) in [6, 6.07) is 17.7. The molecule has 0 nitrogen and oxygen atoms in total. The Balaban J connectivity index is 0.00000121. The number of halogens is 2. The molecule has 0 aromatic heterocycles. The molecule has 0 amide bonds. The third-order valence-corrected chi connectivity index (χ3v) is 6.60. The fourth-order valence-corrected chi connectivity index (χ4v) is 5.03. The molecular formula is C23H23Cl2Zr. The van der Waals surface area contributed by atoms with E-state index in [1.54, 1.807) is 24.7 Å². The van der Waals surface area contributed by atoms with Crippen LogP contribution in [-0.2, 0) is 24.7 Å². The smallest absolute Gasteiger partial charge is 1.00 e. The molecule has 0 bridgehead atoms. The van der Waals surface area contributed by atoms with Gasteiger partial charge in [0.05, 0.1) is 0 Å². The van der Waals surface area contributed by atoms with E-state index < -0.39 is 0 Å². The minimum Gasteiger partial charge on any atom is -1.00 e. The van der Waals surface area contributed by atoms with Crippen molar-refractivity contribution >= 4 is 12.2 Å². The van der Waals surface area contributed by atoms with E-state index >= 15 is 0 Å². The van der Waals surface area contributed by atoms with Crippen LogP contribution in [0.4, 0.5) is 0 Å². The Morgan fingerprint density at radius 3 is 1.92 bits per heavy atom. The van der Waals surface area contributed by atoms with Crippen LogP contribution in [0.2, 0.25) is 3.12 Å². The van der Waals surface area contributed by atoms with Gasteiger partial charge in [0.1, 0.15) is 0 Å². The summed E-state index contributed by atoms with van der Waals surface area (Å²) >= 11 is 1.67. The second-order valence-electron chi connectivity index (χ2n) is 7.49. The van der Waals surface area contributed by atoms with Crippen LogP contribution in [0.5, 0.6) is 0 Å². The average Bonchev–Trinajstić information content (AvgIpc) is 3.17. The van der Waals surface area contributed by atoms with Crippen molar-refractivity contribution in [1.82, 2.24) is 0 Å². The van der Waals surface area contributed by atoms with Gasteiger partial charge in [0, 0.05) is 0 Å². The van der Waals surface area contributed by atoms with Crippen molar-refractivity contribution < 1.29 is 49.5 Å². The molecule has 2 aliphatic carbocycles. The van der Waals surface area contributed by atoms with Crippen LogP contribution in [0, 0.1) is 0 Å². The van der Waals surface area contributed by atoms with Crippen LogP contribution < -0.4 is 24.8 Å². The first-order valence-electron chi connectivity index (χ1n) is 8.92. The van der Waals surface area contributed by atoms with Crippen LogP contribution in [0.15, 0.2) is 60.7 Å². The van der Waals surface area contributed by atoms with Crippen LogP contribution >= 0.6 is 0 Å². The van der Waals surface area contributed by atoms with Crippen molar-refractivity contribution in [3.8, 4) is 0 Å². The molecule has 0 N–H and O–H groups in total. The Morgan fingerprint density at radius 1 is 0.808 bits per heavy atom. The van der Waals surface area contributed by atoms with Crippen LogP contribution in [0.3, 0.4) is 0 Å². The molecule has 26 heavy (non-hydrogen) atoms. The molecular weight excluding hydrogens is 438 g/mol. The topological polar surface area (TPSA) is 0 Å². The Morgan fingerprint density at radius 2 is 1.31 bits per heavy atom. The van der Waals surface area contributed by atoms with Gasteiger partial charge in [-0.15, -0.1) is 0 Å². The Kier molecular flexibility index (Phi) is 7.55. The number of rotatable bonds is 5. The molecule has 0 fully saturated rings. The van der Waals surface area contributed by atoms with E-state index in [2.05, 4.69) is 79.8 Å². The maximum Gasteiger partial charge on any atom is -1.00 e. The van der Waals surface area contributed by atoms with Gasteiger partial charge in [0.15, 0.2) is 0 Å². The first-order valence-corrected chi connectivity index (χ1v) is 10.1. The van der Waals surface area contributed by atoms with Gasteiger partial charge >= 0.3 is 161 Å². The summed E-state index contributed by atoms with van der Waals surface area (Å²) in [5, 5.41) is 0. The Hall–Kier alpha value is -0.617. The molecule has 0 saturated heterocycles. The van der Waals surface area contributed by atoms with Crippen LogP contribution in [0.25, 0.3) is 12.2 Å². The number of fused-ring (bicyclic) bond motifs is 2. The summed E-state index contributed by atoms with van der Waals surface area (Å²) in [4.78, 5) is 0. The summed E-state index contributed by atoms with van der Waals surface area (Å²) in [6.45, 7) is 2.48. The molecule has 0 heterocycles. The third-order valence-electron chi connectivity index (χ3n) is 5.48. The summed E-state index contributed by atoms with van der Waals surface area (Å²) in [5.41, 5.74) is 5.88. The van der Waals surface area contributed by atoms with Crippen molar-refractivity contribution in [2.75, 3.05) is 0 Å². The molecule has 3 heteroatoms. The van der Waals surface area contributed by atoms with Crippen molar-refractivity contribution in [1.29, 1.82) is 0 Å². The number of benzene rings is 2. The minimum absolute atomic E-state index is 0. The van der Waals surface area contributed by atoms with Gasteiger partial charge in [-0.05, 0) is 0 Å². The second kappa shape index (κ2) is 9.05. The van der Waals surface area contributed by atoms with Gasteiger partial charge in [0.2, 0.25) is 0 Å². The van der Waals surface area contributed by atoms with Gasteiger partial charge in [-0.2, -0.15) is 0 Å². The van der Waals surface area contributed by atoms with E-state index in [9.17, 15) is 0 Å². The van der Waals surface area contributed by atoms with Gasteiger partial charge < -0.3 is 24.8 Å². The number of allylic oxidation sites excluding steroid dienone is 2. The number of hydrogen-bond acceptors (Lipinski definition) is 0. The molecule has 2 aromatic rings. The monoisotopic (exact) mass is 459 g/mol. The van der Waals surface area contributed by atoms with E-state index in [-0.39, 0.29) is 24.8 Å². The van der Waals surface area contributed by atoms with Gasteiger partial charge in [-0.25, -0.2) is 0 Å². The molecule has 0 radical (unpaired) electrons. The van der Waals surface area contributed by atoms with E-state index in [0.29, 0.717) is 15.0 Å². The summed E-state index contributed by atoms with van der Waals surface area (Å²) in [7, 11) is 0. The molecule has 0 saturated carbocycles. The standard InChI is InChI=1S/C23H23.2ClH.Zr/c1-17(16-21-15-14-19-7-3-5-9-23(19)21)10-11-20-13-12-18-6-2-4-8-22(18)20;;;/h2-9,12-15,20-21H,10-11,16H2,1H3;2*1H;/q;;;+2/p-2. The fraction of sp³-hybridized carbons (Fsp3) is 0.304. The van der Waals surface area contributed by atoms with Gasteiger partial charge in [-0.1, -0.05) is 0 Å².